The molecule has 1 rings (SSSR count). The van der Waals surface area contributed by atoms with E-state index >= 15 is 0 Å². The van der Waals surface area contributed by atoms with Crippen LogP contribution in [-0.2, 0) is 6.54 Å². The highest BCUT2D eigenvalue weighted by molar-refractivity contribution is 9.10. The topological polar surface area (TPSA) is 30.5 Å². The summed E-state index contributed by atoms with van der Waals surface area (Å²) in [5.41, 5.74) is 1.11. The molecule has 1 aromatic carbocycles. The summed E-state index contributed by atoms with van der Waals surface area (Å²) in [6.07, 6.45) is 0. The third kappa shape index (κ3) is 6.02. The van der Waals surface area contributed by atoms with Crippen LogP contribution in [-0.4, -0.2) is 20.3 Å². The Morgan fingerprint density at radius 3 is 2.53 bits per heavy atom. The number of hydrogen-bond acceptors (Lipinski definition) is 3. The first-order valence-electron chi connectivity index (χ1n) is 6.28. The first-order valence-corrected chi connectivity index (χ1v) is 7.07. The highest BCUT2D eigenvalue weighted by atomic mass is 79.9. The highest BCUT2D eigenvalue weighted by Gasteiger charge is 2.12. The van der Waals surface area contributed by atoms with Crippen molar-refractivity contribution >= 4 is 28.3 Å². The minimum atomic E-state index is 0. The van der Waals surface area contributed by atoms with Crippen LogP contribution in [0.2, 0.25) is 0 Å². The van der Waals surface area contributed by atoms with Crippen molar-refractivity contribution in [3.8, 4) is 11.5 Å². The zero-order valence-electron chi connectivity index (χ0n) is 12.0. The van der Waals surface area contributed by atoms with Crippen LogP contribution in [0, 0.1) is 5.92 Å². The first-order chi connectivity index (χ1) is 8.58. The molecule has 5 heteroatoms. The molecule has 110 valence electrons. The number of ether oxygens (including phenoxy) is 2. The van der Waals surface area contributed by atoms with Gasteiger partial charge in [-0.05, 0) is 31.5 Å². The molecular formula is C14H23BrClNO2. The quantitative estimate of drug-likeness (QED) is 0.804. The molecular weight excluding hydrogens is 330 g/mol. The van der Waals surface area contributed by atoms with E-state index in [0.29, 0.717) is 12.5 Å². The molecule has 19 heavy (non-hydrogen) atoms. The fraction of sp³-hybridized carbons (Fsp3) is 0.571. The maximum Gasteiger partial charge on any atom is 0.165 e. The molecule has 0 unspecified atom stereocenters. The predicted octanol–water partition coefficient (Wildman–Crippen LogP) is 4.02. The van der Waals surface area contributed by atoms with Crippen molar-refractivity contribution in [1.82, 2.24) is 5.32 Å². The van der Waals surface area contributed by atoms with E-state index in [0.717, 1.165) is 34.6 Å². The van der Waals surface area contributed by atoms with E-state index in [-0.39, 0.29) is 12.4 Å². The van der Waals surface area contributed by atoms with Crippen molar-refractivity contribution in [2.75, 3.05) is 20.3 Å². The Balaban J connectivity index is 0.00000324. The average Bonchev–Trinajstić information content (AvgIpc) is 2.31. The Labute approximate surface area is 130 Å². The largest absolute Gasteiger partial charge is 0.493 e. The zero-order chi connectivity index (χ0) is 13.5. The van der Waals surface area contributed by atoms with E-state index in [1.165, 1.54) is 0 Å². The lowest BCUT2D eigenvalue weighted by atomic mass is 10.1. The Hall–Kier alpha value is -0.450. The molecule has 1 N–H and O–H groups in total. The summed E-state index contributed by atoms with van der Waals surface area (Å²) in [5.74, 6) is 2.24. The monoisotopic (exact) mass is 351 g/mol. The van der Waals surface area contributed by atoms with Gasteiger partial charge in [0.05, 0.1) is 13.7 Å². The molecule has 0 fully saturated rings. The van der Waals surface area contributed by atoms with Crippen molar-refractivity contribution in [2.45, 2.75) is 27.3 Å². The SMILES string of the molecule is CCOc1c(CNCC(C)C)cc(Br)cc1OC.Cl. The molecule has 1 aromatic rings. The van der Waals surface area contributed by atoms with Crippen LogP contribution in [0.3, 0.4) is 0 Å². The summed E-state index contributed by atoms with van der Waals surface area (Å²) in [7, 11) is 1.66. The van der Waals surface area contributed by atoms with Crippen molar-refractivity contribution in [3.05, 3.63) is 22.2 Å². The molecule has 0 saturated heterocycles. The Morgan fingerprint density at radius 2 is 2.00 bits per heavy atom. The Morgan fingerprint density at radius 1 is 1.32 bits per heavy atom. The third-order valence-electron chi connectivity index (χ3n) is 2.47. The van der Waals surface area contributed by atoms with E-state index < -0.39 is 0 Å². The minimum absolute atomic E-state index is 0. The second-order valence-electron chi connectivity index (χ2n) is 4.55. The van der Waals surface area contributed by atoms with Gasteiger partial charge in [0.15, 0.2) is 11.5 Å². The number of benzene rings is 1. The molecule has 0 heterocycles. The van der Waals surface area contributed by atoms with Crippen molar-refractivity contribution in [2.24, 2.45) is 5.92 Å². The van der Waals surface area contributed by atoms with Gasteiger partial charge in [0, 0.05) is 16.6 Å². The molecule has 0 bridgehead atoms. The van der Waals surface area contributed by atoms with Crippen LogP contribution in [0.5, 0.6) is 11.5 Å². The molecule has 0 aliphatic heterocycles. The van der Waals surface area contributed by atoms with Gasteiger partial charge in [-0.3, -0.25) is 0 Å². The van der Waals surface area contributed by atoms with Crippen LogP contribution in [0.25, 0.3) is 0 Å². The molecule has 0 saturated carbocycles. The Kier molecular flexibility index (Phi) is 9.23. The molecule has 0 aromatic heterocycles. The summed E-state index contributed by atoms with van der Waals surface area (Å²) < 4.78 is 12.1. The van der Waals surface area contributed by atoms with Gasteiger partial charge in [-0.1, -0.05) is 29.8 Å². The standard InChI is InChI=1S/C14H22BrNO2.ClH/c1-5-18-14-11(9-16-8-10(2)3)6-12(15)7-13(14)17-4;/h6-7,10,16H,5,8-9H2,1-4H3;1H. The van der Waals surface area contributed by atoms with Crippen molar-refractivity contribution in [1.29, 1.82) is 0 Å². The molecule has 3 nitrogen and oxygen atoms in total. The molecule has 0 aliphatic rings. The van der Waals surface area contributed by atoms with Crippen molar-refractivity contribution in [3.63, 3.8) is 0 Å². The van der Waals surface area contributed by atoms with E-state index in [1.54, 1.807) is 7.11 Å². The van der Waals surface area contributed by atoms with E-state index in [4.69, 9.17) is 9.47 Å². The average molecular weight is 353 g/mol. The zero-order valence-corrected chi connectivity index (χ0v) is 14.4. The smallest absolute Gasteiger partial charge is 0.165 e. The van der Waals surface area contributed by atoms with E-state index in [1.807, 2.05) is 13.0 Å². The van der Waals surface area contributed by atoms with Crippen molar-refractivity contribution < 1.29 is 9.47 Å². The second-order valence-corrected chi connectivity index (χ2v) is 5.47. The third-order valence-corrected chi connectivity index (χ3v) is 2.93. The van der Waals surface area contributed by atoms with Gasteiger partial charge in [0.1, 0.15) is 0 Å². The second kappa shape index (κ2) is 9.45. The minimum Gasteiger partial charge on any atom is -0.493 e. The fourth-order valence-corrected chi connectivity index (χ4v) is 2.19. The maximum atomic E-state index is 5.69. The summed E-state index contributed by atoms with van der Waals surface area (Å²) in [6, 6.07) is 4.00. The molecule has 0 radical (unpaired) electrons. The van der Waals surface area contributed by atoms with Crippen LogP contribution in [0.1, 0.15) is 26.3 Å². The van der Waals surface area contributed by atoms with Gasteiger partial charge >= 0.3 is 0 Å². The van der Waals surface area contributed by atoms with E-state index in [9.17, 15) is 0 Å². The lowest BCUT2D eigenvalue weighted by molar-refractivity contribution is 0.306. The van der Waals surface area contributed by atoms with Gasteiger partial charge in [-0.25, -0.2) is 0 Å². The molecule has 0 spiro atoms. The molecule has 0 aliphatic carbocycles. The molecule has 0 amide bonds. The number of methoxy groups -OCH3 is 1. The summed E-state index contributed by atoms with van der Waals surface area (Å²) in [4.78, 5) is 0. The summed E-state index contributed by atoms with van der Waals surface area (Å²) >= 11 is 3.50. The van der Waals surface area contributed by atoms with Gasteiger partial charge in [-0.15, -0.1) is 12.4 Å². The first kappa shape index (κ1) is 18.6. The van der Waals surface area contributed by atoms with Gasteiger partial charge in [0.25, 0.3) is 0 Å². The van der Waals surface area contributed by atoms with Crippen LogP contribution in [0.4, 0.5) is 0 Å². The highest BCUT2D eigenvalue weighted by Crippen LogP contribution is 2.34. The summed E-state index contributed by atoms with van der Waals surface area (Å²) in [6.45, 7) is 8.77. The lowest BCUT2D eigenvalue weighted by Crippen LogP contribution is -2.19. The number of rotatable bonds is 7. The van der Waals surface area contributed by atoms with Crippen LogP contribution >= 0.6 is 28.3 Å². The Bertz CT molecular complexity index is 386. The van der Waals surface area contributed by atoms with Crippen LogP contribution < -0.4 is 14.8 Å². The number of nitrogens with one attached hydrogen (secondary N) is 1. The fourth-order valence-electron chi connectivity index (χ4n) is 1.71. The van der Waals surface area contributed by atoms with Crippen LogP contribution in [0.15, 0.2) is 16.6 Å². The number of halogens is 2. The van der Waals surface area contributed by atoms with Gasteiger partial charge < -0.3 is 14.8 Å². The summed E-state index contributed by atoms with van der Waals surface area (Å²) in [5, 5.41) is 3.42. The molecule has 0 atom stereocenters. The normalized spacial score (nSPS) is 10.2. The van der Waals surface area contributed by atoms with Gasteiger partial charge in [0.2, 0.25) is 0 Å². The van der Waals surface area contributed by atoms with E-state index in [2.05, 4.69) is 41.2 Å². The van der Waals surface area contributed by atoms with Gasteiger partial charge in [-0.2, -0.15) is 0 Å². The maximum absolute atomic E-state index is 5.69. The number of hydrogen-bond donors (Lipinski definition) is 1. The lowest BCUT2D eigenvalue weighted by Gasteiger charge is -2.16. The predicted molar refractivity (Wildman–Crippen MR) is 85.7 cm³/mol.